The summed E-state index contributed by atoms with van der Waals surface area (Å²) in [5, 5.41) is 21.2. The maximum atomic E-state index is 13.9. The lowest BCUT2D eigenvalue weighted by Crippen LogP contribution is -2.50. The zero-order chi connectivity index (χ0) is 28.5. The molecule has 0 saturated heterocycles. The average molecular weight is 547 g/mol. The van der Waals surface area contributed by atoms with Crippen LogP contribution in [0.15, 0.2) is 89.7 Å². The van der Waals surface area contributed by atoms with Crippen molar-refractivity contribution in [3.8, 4) is 11.3 Å². The van der Waals surface area contributed by atoms with Crippen molar-refractivity contribution in [1.82, 2.24) is 20.4 Å². The number of carbonyl (C=O) groups excluding carboxylic acids is 1. The van der Waals surface area contributed by atoms with E-state index in [1.165, 1.54) is 11.6 Å². The van der Waals surface area contributed by atoms with Crippen LogP contribution in [0.5, 0.6) is 0 Å². The topological polar surface area (TPSA) is 96.2 Å². The number of nitrogens with zero attached hydrogens (tertiary/aromatic N) is 2. The SMILES string of the molecule is CCc1cccc(CNC[C@H](O)[C@H](Cc2cc(F)cc(F)c2)NC(=O)Cn2nc(-c3ccccc3)ccc2=O)c1. The largest absolute Gasteiger partial charge is 0.390 e. The number of nitrogens with one attached hydrogen (secondary N) is 2. The second-order valence-electron chi connectivity index (χ2n) is 9.61. The fourth-order valence-electron chi connectivity index (χ4n) is 4.45. The van der Waals surface area contributed by atoms with Gasteiger partial charge in [-0.1, -0.05) is 61.5 Å². The first kappa shape index (κ1) is 28.8. The summed E-state index contributed by atoms with van der Waals surface area (Å²) >= 11 is 0. The molecule has 0 aliphatic heterocycles. The second-order valence-corrected chi connectivity index (χ2v) is 9.61. The molecule has 208 valence electrons. The summed E-state index contributed by atoms with van der Waals surface area (Å²) in [6.45, 7) is 2.28. The van der Waals surface area contributed by atoms with E-state index in [4.69, 9.17) is 0 Å². The van der Waals surface area contributed by atoms with Gasteiger partial charge in [0.25, 0.3) is 5.56 Å². The van der Waals surface area contributed by atoms with E-state index in [1.807, 2.05) is 48.5 Å². The van der Waals surface area contributed by atoms with Gasteiger partial charge in [-0.3, -0.25) is 9.59 Å². The third-order valence-electron chi connectivity index (χ3n) is 6.50. The molecular weight excluding hydrogens is 514 g/mol. The Bertz CT molecular complexity index is 1470. The molecule has 0 spiro atoms. The van der Waals surface area contributed by atoms with E-state index in [-0.39, 0.29) is 18.5 Å². The molecule has 40 heavy (non-hydrogen) atoms. The lowest BCUT2D eigenvalue weighted by atomic mass is 10.0. The van der Waals surface area contributed by atoms with Gasteiger partial charge in [0.15, 0.2) is 0 Å². The number of aliphatic hydroxyl groups is 1. The molecule has 2 atom stereocenters. The van der Waals surface area contributed by atoms with Gasteiger partial charge >= 0.3 is 0 Å². The Morgan fingerprint density at radius 1 is 0.925 bits per heavy atom. The van der Waals surface area contributed by atoms with Gasteiger partial charge in [-0.2, -0.15) is 5.10 Å². The molecule has 3 aromatic carbocycles. The molecule has 9 heteroatoms. The molecule has 1 amide bonds. The Morgan fingerprint density at radius 3 is 2.38 bits per heavy atom. The number of aromatic nitrogens is 2. The van der Waals surface area contributed by atoms with Crippen LogP contribution < -0.4 is 16.2 Å². The number of carbonyl (C=O) groups is 1. The molecular formula is C31H32F2N4O3. The molecule has 3 N–H and O–H groups in total. The standard InChI is InChI=1S/C31H32F2N4O3/c1-2-21-7-6-8-22(13-21)18-34-19-29(38)28(16-23-14-25(32)17-26(33)15-23)35-30(39)20-37-31(40)12-11-27(36-37)24-9-4-3-5-10-24/h3-15,17,28-29,34,38H,2,16,18-20H2,1H3,(H,35,39)/t28-,29-/m0/s1. The summed E-state index contributed by atoms with van der Waals surface area (Å²) < 4.78 is 28.8. The Hall–Kier alpha value is -4.21. The quantitative estimate of drug-likeness (QED) is 0.252. The van der Waals surface area contributed by atoms with E-state index in [1.54, 1.807) is 6.07 Å². The maximum Gasteiger partial charge on any atom is 0.267 e. The highest BCUT2D eigenvalue weighted by Gasteiger charge is 2.23. The molecule has 0 aliphatic carbocycles. The predicted octanol–water partition coefficient (Wildman–Crippen LogP) is 3.63. The first-order chi connectivity index (χ1) is 19.3. The Balaban J connectivity index is 1.47. The molecule has 0 fully saturated rings. The van der Waals surface area contributed by atoms with Gasteiger partial charge < -0.3 is 15.7 Å². The first-order valence-electron chi connectivity index (χ1n) is 13.1. The zero-order valence-electron chi connectivity index (χ0n) is 22.2. The fraction of sp³-hybridized carbons (Fsp3) is 0.258. The molecule has 7 nitrogen and oxygen atoms in total. The average Bonchev–Trinajstić information content (AvgIpc) is 2.94. The summed E-state index contributed by atoms with van der Waals surface area (Å²) in [5.74, 6) is -2.08. The van der Waals surface area contributed by atoms with Crippen LogP contribution >= 0.6 is 0 Å². The number of hydrogen-bond acceptors (Lipinski definition) is 5. The highest BCUT2D eigenvalue weighted by atomic mass is 19.1. The minimum Gasteiger partial charge on any atom is -0.390 e. The van der Waals surface area contributed by atoms with Gasteiger partial charge in [0.05, 0.1) is 17.8 Å². The van der Waals surface area contributed by atoms with Crippen molar-refractivity contribution in [2.75, 3.05) is 6.54 Å². The van der Waals surface area contributed by atoms with E-state index in [2.05, 4.69) is 28.7 Å². The van der Waals surface area contributed by atoms with Crippen LogP contribution in [0.2, 0.25) is 0 Å². The van der Waals surface area contributed by atoms with Crippen LogP contribution in [0, 0.1) is 11.6 Å². The highest BCUT2D eigenvalue weighted by molar-refractivity contribution is 5.76. The van der Waals surface area contributed by atoms with Crippen LogP contribution in [0.4, 0.5) is 8.78 Å². The van der Waals surface area contributed by atoms with E-state index < -0.39 is 41.8 Å². The molecule has 0 bridgehead atoms. The van der Waals surface area contributed by atoms with Crippen LogP contribution in [-0.4, -0.2) is 39.5 Å². The van der Waals surface area contributed by atoms with Crippen molar-refractivity contribution in [2.24, 2.45) is 0 Å². The third-order valence-corrected chi connectivity index (χ3v) is 6.50. The molecule has 0 saturated carbocycles. The number of aryl methyl sites for hydroxylation is 1. The van der Waals surface area contributed by atoms with Gasteiger partial charge in [0, 0.05) is 30.8 Å². The number of hydrogen-bond donors (Lipinski definition) is 3. The molecule has 0 radical (unpaired) electrons. The van der Waals surface area contributed by atoms with Crippen molar-refractivity contribution >= 4 is 5.91 Å². The number of amides is 1. The molecule has 1 heterocycles. The van der Waals surface area contributed by atoms with Gasteiger partial charge in [-0.05, 0) is 47.7 Å². The maximum absolute atomic E-state index is 13.9. The monoisotopic (exact) mass is 546 g/mol. The first-order valence-corrected chi connectivity index (χ1v) is 13.1. The van der Waals surface area contributed by atoms with E-state index in [0.29, 0.717) is 12.2 Å². The van der Waals surface area contributed by atoms with Gasteiger partial charge in [0.1, 0.15) is 18.2 Å². The summed E-state index contributed by atoms with van der Waals surface area (Å²) in [6.07, 6.45) is -0.216. The Kier molecular flexibility index (Phi) is 9.88. The summed E-state index contributed by atoms with van der Waals surface area (Å²) in [5.41, 5.74) is 3.36. The molecule has 1 aromatic heterocycles. The lowest BCUT2D eigenvalue weighted by Gasteiger charge is -2.25. The summed E-state index contributed by atoms with van der Waals surface area (Å²) in [7, 11) is 0. The van der Waals surface area contributed by atoms with Crippen molar-refractivity contribution < 1.29 is 18.7 Å². The van der Waals surface area contributed by atoms with Crippen molar-refractivity contribution in [1.29, 1.82) is 0 Å². The molecule has 4 rings (SSSR count). The predicted molar refractivity (Wildman–Crippen MR) is 149 cm³/mol. The Morgan fingerprint density at radius 2 is 1.65 bits per heavy atom. The number of rotatable bonds is 12. The van der Waals surface area contributed by atoms with Gasteiger partial charge in [0.2, 0.25) is 5.91 Å². The molecule has 0 aliphatic rings. The van der Waals surface area contributed by atoms with Crippen LogP contribution in [0.1, 0.15) is 23.6 Å². The molecule has 4 aromatic rings. The van der Waals surface area contributed by atoms with Crippen LogP contribution in [-0.2, 0) is 30.7 Å². The smallest absolute Gasteiger partial charge is 0.267 e. The molecule has 0 unspecified atom stereocenters. The minimum absolute atomic E-state index is 0.0268. The minimum atomic E-state index is -1.09. The van der Waals surface area contributed by atoms with Gasteiger partial charge in [-0.25, -0.2) is 13.5 Å². The van der Waals surface area contributed by atoms with Crippen molar-refractivity contribution in [2.45, 2.75) is 45.0 Å². The third kappa shape index (κ3) is 8.14. The van der Waals surface area contributed by atoms with Crippen LogP contribution in [0.3, 0.4) is 0 Å². The van der Waals surface area contributed by atoms with Crippen molar-refractivity contribution in [3.05, 3.63) is 124 Å². The zero-order valence-corrected chi connectivity index (χ0v) is 22.2. The summed E-state index contributed by atoms with van der Waals surface area (Å²) in [6, 6.07) is 22.4. The van der Waals surface area contributed by atoms with E-state index in [9.17, 15) is 23.5 Å². The Labute approximate surface area is 231 Å². The van der Waals surface area contributed by atoms with Gasteiger partial charge in [-0.15, -0.1) is 0 Å². The van der Waals surface area contributed by atoms with Crippen molar-refractivity contribution in [3.63, 3.8) is 0 Å². The number of benzene rings is 3. The number of halogens is 2. The normalized spacial score (nSPS) is 12.6. The fourth-order valence-corrected chi connectivity index (χ4v) is 4.45. The van der Waals surface area contributed by atoms with E-state index in [0.717, 1.165) is 40.4 Å². The highest BCUT2D eigenvalue weighted by Crippen LogP contribution is 2.15. The number of aliphatic hydroxyl groups excluding tert-OH is 1. The summed E-state index contributed by atoms with van der Waals surface area (Å²) in [4.78, 5) is 25.5. The lowest BCUT2D eigenvalue weighted by molar-refractivity contribution is -0.123. The second kappa shape index (κ2) is 13.7. The van der Waals surface area contributed by atoms with Crippen LogP contribution in [0.25, 0.3) is 11.3 Å². The van der Waals surface area contributed by atoms with E-state index >= 15 is 0 Å².